The Balaban J connectivity index is 1.72. The van der Waals surface area contributed by atoms with E-state index in [0.717, 1.165) is 11.1 Å². The summed E-state index contributed by atoms with van der Waals surface area (Å²) in [5, 5.41) is 2.70. The van der Waals surface area contributed by atoms with Gasteiger partial charge in [0.15, 0.2) is 5.78 Å². The summed E-state index contributed by atoms with van der Waals surface area (Å²) < 4.78 is 0. The first-order chi connectivity index (χ1) is 11.1. The summed E-state index contributed by atoms with van der Waals surface area (Å²) in [5.41, 5.74) is 2.67. The number of hydrogen-bond acceptors (Lipinski definition) is 2. The molecule has 1 amide bonds. The highest BCUT2D eigenvalue weighted by atomic mass is 16.2. The zero-order chi connectivity index (χ0) is 16.5. The molecular formula is C20H19NO2. The number of carbonyl (C=O) groups excluding carboxylic acids is 2. The van der Waals surface area contributed by atoms with Crippen LogP contribution in [0, 0.1) is 18.8 Å². The molecule has 0 fully saturated rings. The first-order valence-electron chi connectivity index (χ1n) is 7.55. The molecule has 3 heteroatoms. The monoisotopic (exact) mass is 305 g/mol. The maximum atomic E-state index is 12.0. The van der Waals surface area contributed by atoms with Crippen LogP contribution in [-0.2, 0) is 4.79 Å². The zero-order valence-corrected chi connectivity index (χ0v) is 13.1. The van der Waals surface area contributed by atoms with Crippen molar-refractivity contribution in [3.8, 4) is 11.8 Å². The van der Waals surface area contributed by atoms with Crippen LogP contribution in [0.25, 0.3) is 0 Å². The first kappa shape index (κ1) is 16.5. The molecule has 2 aromatic rings. The van der Waals surface area contributed by atoms with Crippen LogP contribution < -0.4 is 5.32 Å². The fourth-order valence-electron chi connectivity index (χ4n) is 2.01. The van der Waals surface area contributed by atoms with E-state index in [1.807, 2.05) is 49.4 Å². The fourth-order valence-corrected chi connectivity index (χ4v) is 2.01. The third-order valence-electron chi connectivity index (χ3n) is 3.33. The molecule has 0 saturated carbocycles. The number of Topliss-reactive ketones (excluding diaryl/α,β-unsaturated/α-hetero) is 1. The van der Waals surface area contributed by atoms with Crippen molar-refractivity contribution in [2.24, 2.45) is 0 Å². The number of ketones is 1. The van der Waals surface area contributed by atoms with Gasteiger partial charge >= 0.3 is 0 Å². The van der Waals surface area contributed by atoms with Crippen LogP contribution in [0.2, 0.25) is 0 Å². The molecule has 0 aliphatic heterocycles. The molecule has 2 rings (SSSR count). The number of hydrogen-bond donors (Lipinski definition) is 1. The number of benzene rings is 2. The Hall–Kier alpha value is -2.86. The van der Waals surface area contributed by atoms with Crippen LogP contribution in [0.5, 0.6) is 0 Å². The summed E-state index contributed by atoms with van der Waals surface area (Å²) in [6, 6.07) is 17.0. The second-order valence-corrected chi connectivity index (χ2v) is 5.23. The average Bonchev–Trinajstić information content (AvgIpc) is 2.58. The molecular weight excluding hydrogens is 286 g/mol. The summed E-state index contributed by atoms with van der Waals surface area (Å²) in [6.45, 7) is 2.25. The van der Waals surface area contributed by atoms with Gasteiger partial charge in [0.05, 0.1) is 6.54 Å². The number of aryl methyl sites for hydroxylation is 1. The molecule has 0 heterocycles. The maximum Gasteiger partial charge on any atom is 0.221 e. The predicted octanol–water partition coefficient (Wildman–Crippen LogP) is 3.13. The van der Waals surface area contributed by atoms with E-state index >= 15 is 0 Å². The van der Waals surface area contributed by atoms with Gasteiger partial charge in [-0.05, 0) is 19.1 Å². The van der Waals surface area contributed by atoms with Crippen LogP contribution in [-0.4, -0.2) is 18.2 Å². The smallest absolute Gasteiger partial charge is 0.221 e. The van der Waals surface area contributed by atoms with Crippen LogP contribution in [0.4, 0.5) is 0 Å². The van der Waals surface area contributed by atoms with E-state index in [2.05, 4.69) is 17.2 Å². The molecule has 0 aromatic heterocycles. The van der Waals surface area contributed by atoms with Crippen molar-refractivity contribution in [2.75, 3.05) is 6.54 Å². The molecule has 1 N–H and O–H groups in total. The van der Waals surface area contributed by atoms with E-state index in [0.29, 0.717) is 5.56 Å². The maximum absolute atomic E-state index is 12.0. The minimum absolute atomic E-state index is 0.0180. The lowest BCUT2D eigenvalue weighted by atomic mass is 10.1. The number of carbonyl (C=O) groups is 2. The Labute approximate surface area is 136 Å². The SMILES string of the molecule is Cc1ccc(C(=O)CCC(=O)NCC#Cc2ccccc2)cc1. The predicted molar refractivity (Wildman–Crippen MR) is 91.1 cm³/mol. The van der Waals surface area contributed by atoms with Crippen LogP contribution in [0.15, 0.2) is 54.6 Å². The molecule has 3 nitrogen and oxygen atoms in total. The van der Waals surface area contributed by atoms with Crippen LogP contribution in [0.1, 0.15) is 34.3 Å². The van der Waals surface area contributed by atoms with Crippen molar-refractivity contribution in [3.05, 3.63) is 71.3 Å². The van der Waals surface area contributed by atoms with Gasteiger partial charge in [0, 0.05) is 24.0 Å². The molecule has 23 heavy (non-hydrogen) atoms. The van der Waals surface area contributed by atoms with Gasteiger partial charge in [-0.25, -0.2) is 0 Å². The standard InChI is InChI=1S/C20H19NO2/c1-16-9-11-18(12-10-16)19(22)13-14-20(23)21-15-5-8-17-6-3-2-4-7-17/h2-4,6-7,9-12H,13-15H2,1H3,(H,21,23). The zero-order valence-electron chi connectivity index (χ0n) is 13.1. The Morgan fingerprint density at radius 3 is 2.35 bits per heavy atom. The van der Waals surface area contributed by atoms with E-state index in [1.165, 1.54) is 0 Å². The van der Waals surface area contributed by atoms with Gasteiger partial charge in [0.25, 0.3) is 0 Å². The van der Waals surface area contributed by atoms with Gasteiger partial charge in [0.1, 0.15) is 0 Å². The lowest BCUT2D eigenvalue weighted by Crippen LogP contribution is -2.24. The Kier molecular flexibility index (Phi) is 6.14. The van der Waals surface area contributed by atoms with Gasteiger partial charge in [-0.15, -0.1) is 0 Å². The van der Waals surface area contributed by atoms with Crippen molar-refractivity contribution in [1.82, 2.24) is 5.32 Å². The molecule has 0 aliphatic carbocycles. The molecule has 0 bridgehead atoms. The molecule has 0 radical (unpaired) electrons. The lowest BCUT2D eigenvalue weighted by molar-refractivity contribution is -0.120. The van der Waals surface area contributed by atoms with Crippen LogP contribution >= 0.6 is 0 Å². The van der Waals surface area contributed by atoms with Crippen molar-refractivity contribution in [1.29, 1.82) is 0 Å². The quantitative estimate of drug-likeness (QED) is 0.681. The van der Waals surface area contributed by atoms with Crippen molar-refractivity contribution >= 4 is 11.7 Å². The summed E-state index contributed by atoms with van der Waals surface area (Å²) in [6.07, 6.45) is 0.390. The minimum Gasteiger partial charge on any atom is -0.345 e. The van der Waals surface area contributed by atoms with Gasteiger partial charge in [-0.2, -0.15) is 0 Å². The highest BCUT2D eigenvalue weighted by Gasteiger charge is 2.08. The molecule has 116 valence electrons. The van der Waals surface area contributed by atoms with Crippen molar-refractivity contribution < 1.29 is 9.59 Å². The molecule has 0 aliphatic rings. The van der Waals surface area contributed by atoms with Crippen molar-refractivity contribution in [3.63, 3.8) is 0 Å². The summed E-state index contributed by atoms with van der Waals surface area (Å²) in [7, 11) is 0. The third-order valence-corrected chi connectivity index (χ3v) is 3.33. The second kappa shape index (κ2) is 8.55. The third kappa shape index (κ3) is 5.80. The van der Waals surface area contributed by atoms with Gasteiger partial charge < -0.3 is 5.32 Å². The van der Waals surface area contributed by atoms with Crippen LogP contribution in [0.3, 0.4) is 0 Å². The minimum atomic E-state index is -0.159. The number of nitrogens with one attached hydrogen (secondary N) is 1. The Morgan fingerprint density at radius 2 is 1.65 bits per heavy atom. The summed E-state index contributed by atoms with van der Waals surface area (Å²) in [5.74, 6) is 5.68. The average molecular weight is 305 g/mol. The fraction of sp³-hybridized carbons (Fsp3) is 0.200. The van der Waals surface area contributed by atoms with Gasteiger partial charge in [0.2, 0.25) is 5.91 Å². The number of amides is 1. The second-order valence-electron chi connectivity index (χ2n) is 5.23. The van der Waals surface area contributed by atoms with Gasteiger partial charge in [-0.3, -0.25) is 9.59 Å². The van der Waals surface area contributed by atoms with E-state index in [4.69, 9.17) is 0 Å². The molecule has 0 unspecified atom stereocenters. The largest absolute Gasteiger partial charge is 0.345 e. The Morgan fingerprint density at radius 1 is 0.957 bits per heavy atom. The summed E-state index contributed by atoms with van der Waals surface area (Å²) in [4.78, 5) is 23.7. The lowest BCUT2D eigenvalue weighted by Gasteiger charge is -2.02. The first-order valence-corrected chi connectivity index (χ1v) is 7.55. The topological polar surface area (TPSA) is 46.2 Å². The van der Waals surface area contributed by atoms with E-state index < -0.39 is 0 Å². The summed E-state index contributed by atoms with van der Waals surface area (Å²) >= 11 is 0. The normalized spacial score (nSPS) is 9.61. The van der Waals surface area contributed by atoms with E-state index in [1.54, 1.807) is 12.1 Å². The highest BCUT2D eigenvalue weighted by Crippen LogP contribution is 2.07. The molecule has 2 aromatic carbocycles. The molecule has 0 spiro atoms. The van der Waals surface area contributed by atoms with E-state index in [-0.39, 0.29) is 31.1 Å². The molecule has 0 saturated heterocycles. The number of rotatable bonds is 5. The van der Waals surface area contributed by atoms with E-state index in [9.17, 15) is 9.59 Å². The van der Waals surface area contributed by atoms with Crippen molar-refractivity contribution in [2.45, 2.75) is 19.8 Å². The Bertz CT molecular complexity index is 722. The highest BCUT2D eigenvalue weighted by molar-refractivity contribution is 5.97. The van der Waals surface area contributed by atoms with Gasteiger partial charge in [-0.1, -0.05) is 59.9 Å². The molecule has 0 atom stereocenters.